The number of rotatable bonds is 0. The molecule has 2 heteroatoms. The molecule has 1 aliphatic rings. The van der Waals surface area contributed by atoms with Crippen LogP contribution in [0.4, 0.5) is 0 Å². The van der Waals surface area contributed by atoms with Crippen molar-refractivity contribution in [3.63, 3.8) is 0 Å². The van der Waals surface area contributed by atoms with Crippen molar-refractivity contribution < 1.29 is 9.53 Å². The van der Waals surface area contributed by atoms with Crippen LogP contribution < -0.4 is 0 Å². The topological polar surface area (TPSA) is 26.3 Å². The minimum absolute atomic E-state index is 0.0150. The highest BCUT2D eigenvalue weighted by Gasteiger charge is 2.02. The molecule has 0 spiro atoms. The number of allylic oxidation sites excluding steroid dienone is 2. The fourth-order valence-electron chi connectivity index (χ4n) is 1.93. The summed E-state index contributed by atoms with van der Waals surface area (Å²) in [5.74, 6) is -0.0150. The maximum Gasteiger partial charge on any atom is 0.305 e. The van der Waals surface area contributed by atoms with Crippen LogP contribution in [0.1, 0.15) is 64.2 Å². The molecule has 0 radical (unpaired) electrons. The van der Waals surface area contributed by atoms with Crippen molar-refractivity contribution in [2.75, 3.05) is 6.61 Å². The minimum atomic E-state index is -0.0150. The van der Waals surface area contributed by atoms with Crippen LogP contribution in [-0.2, 0) is 9.53 Å². The molecule has 0 saturated heterocycles. The van der Waals surface area contributed by atoms with E-state index in [0.717, 1.165) is 19.3 Å². The smallest absolute Gasteiger partial charge is 0.305 e. The van der Waals surface area contributed by atoms with E-state index < -0.39 is 0 Å². The second-order valence-corrected chi connectivity index (χ2v) is 4.49. The van der Waals surface area contributed by atoms with E-state index >= 15 is 0 Å². The fourth-order valence-corrected chi connectivity index (χ4v) is 1.93. The maximum absolute atomic E-state index is 11.3. The molecule has 1 rings (SSSR count). The maximum atomic E-state index is 11.3. The Morgan fingerprint density at radius 2 is 1.44 bits per heavy atom. The molecule has 0 aromatic carbocycles. The van der Waals surface area contributed by atoms with Crippen LogP contribution in [0.5, 0.6) is 0 Å². The molecule has 0 unspecified atom stereocenters. The van der Waals surface area contributed by atoms with Gasteiger partial charge in [-0.2, -0.15) is 0 Å². The lowest BCUT2D eigenvalue weighted by Crippen LogP contribution is -2.05. The summed E-state index contributed by atoms with van der Waals surface area (Å²) in [6.07, 6.45) is 15.7. The Morgan fingerprint density at radius 3 is 2.25 bits per heavy atom. The second kappa shape index (κ2) is 9.44. The first kappa shape index (κ1) is 13.3. The van der Waals surface area contributed by atoms with Gasteiger partial charge in [-0.05, 0) is 32.1 Å². The predicted octanol–water partition coefficient (Wildman–Crippen LogP) is 4.00. The molecule has 0 bridgehead atoms. The molecular formula is C14H24O2. The molecule has 0 saturated carbocycles. The SMILES string of the molecule is O=C1CCCCCCCC/C=C\CCCO1. The zero-order valence-corrected chi connectivity index (χ0v) is 10.2. The summed E-state index contributed by atoms with van der Waals surface area (Å²) in [6, 6.07) is 0. The van der Waals surface area contributed by atoms with Gasteiger partial charge in [0.15, 0.2) is 0 Å². The average molecular weight is 224 g/mol. The van der Waals surface area contributed by atoms with Gasteiger partial charge in [0, 0.05) is 6.42 Å². The van der Waals surface area contributed by atoms with E-state index in [9.17, 15) is 4.79 Å². The van der Waals surface area contributed by atoms with E-state index in [2.05, 4.69) is 12.2 Å². The minimum Gasteiger partial charge on any atom is -0.466 e. The van der Waals surface area contributed by atoms with Crippen LogP contribution in [-0.4, -0.2) is 12.6 Å². The molecule has 1 aliphatic heterocycles. The van der Waals surface area contributed by atoms with Crippen LogP contribution in [0.25, 0.3) is 0 Å². The lowest BCUT2D eigenvalue weighted by atomic mass is 10.1. The van der Waals surface area contributed by atoms with Crippen LogP contribution in [0.3, 0.4) is 0 Å². The van der Waals surface area contributed by atoms with E-state index in [1.807, 2.05) is 0 Å². The predicted molar refractivity (Wildman–Crippen MR) is 66.3 cm³/mol. The van der Waals surface area contributed by atoms with E-state index in [-0.39, 0.29) is 5.97 Å². The molecule has 0 aliphatic carbocycles. The number of ether oxygens (including phenoxy) is 1. The van der Waals surface area contributed by atoms with Gasteiger partial charge in [0.25, 0.3) is 0 Å². The molecule has 0 amide bonds. The van der Waals surface area contributed by atoms with Gasteiger partial charge in [0.1, 0.15) is 0 Å². The summed E-state index contributed by atoms with van der Waals surface area (Å²) >= 11 is 0. The quantitative estimate of drug-likeness (QED) is 0.459. The number of hydrogen-bond acceptors (Lipinski definition) is 2. The first-order valence-electron chi connectivity index (χ1n) is 6.70. The molecule has 0 N–H and O–H groups in total. The van der Waals surface area contributed by atoms with E-state index in [4.69, 9.17) is 4.74 Å². The number of carbonyl (C=O) groups is 1. The molecule has 2 nitrogen and oxygen atoms in total. The van der Waals surface area contributed by atoms with E-state index in [1.165, 1.54) is 38.5 Å². The highest BCUT2D eigenvalue weighted by Crippen LogP contribution is 2.10. The summed E-state index contributed by atoms with van der Waals surface area (Å²) in [7, 11) is 0. The lowest BCUT2D eigenvalue weighted by molar-refractivity contribution is -0.143. The van der Waals surface area contributed by atoms with Crippen molar-refractivity contribution >= 4 is 5.97 Å². The monoisotopic (exact) mass is 224 g/mol. The molecule has 0 aromatic rings. The van der Waals surface area contributed by atoms with Gasteiger partial charge in [-0.15, -0.1) is 0 Å². The Bertz CT molecular complexity index is 209. The largest absolute Gasteiger partial charge is 0.466 e. The molecule has 0 atom stereocenters. The summed E-state index contributed by atoms with van der Waals surface area (Å²) in [4.78, 5) is 11.3. The number of cyclic esters (lactones) is 1. The van der Waals surface area contributed by atoms with Crippen LogP contribution in [0.2, 0.25) is 0 Å². The lowest BCUT2D eigenvalue weighted by Gasteiger charge is -2.03. The summed E-state index contributed by atoms with van der Waals surface area (Å²) < 4.78 is 5.15. The Labute approximate surface area is 99.1 Å². The number of carbonyl (C=O) groups excluding carboxylic acids is 1. The van der Waals surface area contributed by atoms with Crippen molar-refractivity contribution in [2.24, 2.45) is 0 Å². The highest BCUT2D eigenvalue weighted by molar-refractivity contribution is 5.69. The number of hydrogen-bond donors (Lipinski definition) is 0. The summed E-state index contributed by atoms with van der Waals surface area (Å²) in [6.45, 7) is 0.586. The van der Waals surface area contributed by atoms with Gasteiger partial charge in [-0.1, -0.05) is 37.8 Å². The van der Waals surface area contributed by atoms with E-state index in [1.54, 1.807) is 0 Å². The Balaban J connectivity index is 2.20. The van der Waals surface area contributed by atoms with Gasteiger partial charge < -0.3 is 4.74 Å². The molecule has 16 heavy (non-hydrogen) atoms. The zero-order valence-electron chi connectivity index (χ0n) is 10.2. The molecule has 0 aromatic heterocycles. The van der Waals surface area contributed by atoms with Crippen LogP contribution in [0.15, 0.2) is 12.2 Å². The molecular weight excluding hydrogens is 200 g/mol. The molecule has 0 fully saturated rings. The van der Waals surface area contributed by atoms with Crippen molar-refractivity contribution in [3.8, 4) is 0 Å². The zero-order chi connectivity index (χ0) is 11.5. The third-order valence-corrected chi connectivity index (χ3v) is 2.95. The molecule has 1 heterocycles. The molecule has 92 valence electrons. The van der Waals surface area contributed by atoms with Gasteiger partial charge >= 0.3 is 5.97 Å². The van der Waals surface area contributed by atoms with Crippen LogP contribution in [0, 0.1) is 0 Å². The van der Waals surface area contributed by atoms with Crippen molar-refractivity contribution in [1.29, 1.82) is 0 Å². The Hall–Kier alpha value is -0.790. The van der Waals surface area contributed by atoms with Gasteiger partial charge in [0.05, 0.1) is 6.61 Å². The Kier molecular flexibility index (Phi) is 7.83. The Morgan fingerprint density at radius 1 is 0.812 bits per heavy atom. The normalized spacial score (nSPS) is 23.9. The standard InChI is InChI=1S/C14H24O2/c15-14-12-10-8-6-4-2-1-3-5-7-9-11-13-16-14/h5,7H,1-4,6,8-13H2/b7-5-. The van der Waals surface area contributed by atoms with Gasteiger partial charge in [-0.3, -0.25) is 4.79 Å². The van der Waals surface area contributed by atoms with Gasteiger partial charge in [0.2, 0.25) is 0 Å². The third-order valence-electron chi connectivity index (χ3n) is 2.95. The van der Waals surface area contributed by atoms with Gasteiger partial charge in [-0.25, -0.2) is 0 Å². The van der Waals surface area contributed by atoms with E-state index in [0.29, 0.717) is 13.0 Å². The third kappa shape index (κ3) is 7.49. The summed E-state index contributed by atoms with van der Waals surface area (Å²) in [5, 5.41) is 0. The average Bonchev–Trinajstić information content (AvgIpc) is 2.29. The first-order chi connectivity index (χ1) is 7.89. The van der Waals surface area contributed by atoms with Crippen molar-refractivity contribution in [1.82, 2.24) is 0 Å². The highest BCUT2D eigenvalue weighted by atomic mass is 16.5. The van der Waals surface area contributed by atoms with Crippen molar-refractivity contribution in [2.45, 2.75) is 64.2 Å². The number of esters is 1. The first-order valence-corrected chi connectivity index (χ1v) is 6.70. The van der Waals surface area contributed by atoms with Crippen molar-refractivity contribution in [3.05, 3.63) is 12.2 Å². The van der Waals surface area contributed by atoms with Crippen LogP contribution >= 0.6 is 0 Å². The fraction of sp³-hybridized carbons (Fsp3) is 0.786. The summed E-state index contributed by atoms with van der Waals surface area (Å²) in [5.41, 5.74) is 0. The second-order valence-electron chi connectivity index (χ2n) is 4.49.